The molecule has 0 radical (unpaired) electrons. The summed E-state index contributed by atoms with van der Waals surface area (Å²) < 4.78 is 17.2. The molecule has 0 saturated carbocycles. The maximum absolute atomic E-state index is 14.2. The molecule has 3 aromatic rings. The minimum Gasteiger partial charge on any atom is -0.396 e. The molecule has 11 heteroatoms. The number of rotatable bonds is 7. The van der Waals surface area contributed by atoms with Crippen LogP contribution >= 0.6 is 0 Å². The number of anilines is 1. The minimum atomic E-state index is -0.870. The molecule has 0 spiro atoms. The van der Waals surface area contributed by atoms with Crippen molar-refractivity contribution in [3.8, 4) is 11.3 Å². The largest absolute Gasteiger partial charge is 0.396 e. The Kier molecular flexibility index (Phi) is 6.23. The Labute approximate surface area is 189 Å². The highest BCUT2D eigenvalue weighted by Crippen LogP contribution is 2.29. The van der Waals surface area contributed by atoms with Gasteiger partial charge in [0, 0.05) is 63.3 Å². The number of aliphatic hydroxyl groups excluding tert-OH is 1. The summed E-state index contributed by atoms with van der Waals surface area (Å²) >= 11 is 0. The molecule has 4 rings (SSSR count). The van der Waals surface area contributed by atoms with Crippen molar-refractivity contribution in [3.05, 3.63) is 52.0 Å². The van der Waals surface area contributed by atoms with Crippen LogP contribution in [0.2, 0.25) is 0 Å². The number of carbonyl (C=O) groups is 1. The van der Waals surface area contributed by atoms with Crippen LogP contribution in [0.4, 0.5) is 10.2 Å². The van der Waals surface area contributed by atoms with Gasteiger partial charge in [-0.05, 0) is 24.8 Å². The van der Waals surface area contributed by atoms with Crippen molar-refractivity contribution in [3.63, 3.8) is 0 Å². The number of nitrogens with one attached hydrogen (secondary N) is 1. The predicted molar refractivity (Wildman–Crippen MR) is 121 cm³/mol. The van der Waals surface area contributed by atoms with Crippen molar-refractivity contribution in [2.75, 3.05) is 18.1 Å². The number of fused-ring (bicyclic) bond motifs is 1. The lowest BCUT2D eigenvalue weighted by Crippen LogP contribution is -2.33. The van der Waals surface area contributed by atoms with Gasteiger partial charge in [-0.1, -0.05) is 6.92 Å². The summed E-state index contributed by atoms with van der Waals surface area (Å²) in [6.07, 6.45) is 5.24. The maximum Gasteiger partial charge on any atom is 0.278 e. The quantitative estimate of drug-likeness (QED) is 0.523. The zero-order valence-electron chi connectivity index (χ0n) is 18.7. The predicted octanol–water partition coefficient (Wildman–Crippen LogP) is 1.66. The van der Waals surface area contributed by atoms with Crippen molar-refractivity contribution in [2.45, 2.75) is 26.2 Å². The number of amides is 1. The number of nitrogens with zero attached hydrogens (tertiary/aromatic N) is 6. The summed E-state index contributed by atoms with van der Waals surface area (Å²) in [4.78, 5) is 35.2. The SMILES string of the molecule is C[C@H](CCCO)CN1C(=NC(=O)c2cc(F)nc(-c3c[nH]n(C)c3=O)c2)Cc2cn(C)nc21. The Morgan fingerprint density at radius 2 is 2.15 bits per heavy atom. The van der Waals surface area contributed by atoms with Gasteiger partial charge < -0.3 is 15.1 Å². The molecule has 3 aromatic heterocycles. The lowest BCUT2D eigenvalue weighted by Gasteiger charge is -2.22. The van der Waals surface area contributed by atoms with E-state index in [1.165, 1.54) is 24.0 Å². The van der Waals surface area contributed by atoms with Crippen LogP contribution in [-0.2, 0) is 20.5 Å². The summed E-state index contributed by atoms with van der Waals surface area (Å²) in [7, 11) is 3.37. The number of aromatic nitrogens is 5. The van der Waals surface area contributed by atoms with Crippen LogP contribution in [0.3, 0.4) is 0 Å². The van der Waals surface area contributed by atoms with Crippen LogP contribution in [0.15, 0.2) is 34.3 Å². The molecule has 1 aliphatic heterocycles. The van der Waals surface area contributed by atoms with Gasteiger partial charge in [0.25, 0.3) is 11.5 Å². The van der Waals surface area contributed by atoms with Gasteiger partial charge in [-0.25, -0.2) is 4.98 Å². The number of pyridine rings is 1. The second-order valence-corrected chi connectivity index (χ2v) is 8.36. The first-order valence-electron chi connectivity index (χ1n) is 10.7. The van der Waals surface area contributed by atoms with E-state index in [0.29, 0.717) is 25.2 Å². The third kappa shape index (κ3) is 4.63. The van der Waals surface area contributed by atoms with Crippen molar-refractivity contribution < 1.29 is 14.3 Å². The fraction of sp³-hybridized carbons (Fsp3) is 0.409. The lowest BCUT2D eigenvalue weighted by molar-refractivity contribution is 0.100. The van der Waals surface area contributed by atoms with Gasteiger partial charge in [-0.15, -0.1) is 0 Å². The van der Waals surface area contributed by atoms with E-state index >= 15 is 0 Å². The molecule has 174 valence electrons. The average Bonchev–Trinajstić information content (AvgIpc) is 3.39. The van der Waals surface area contributed by atoms with E-state index in [-0.39, 0.29) is 34.9 Å². The van der Waals surface area contributed by atoms with Crippen LogP contribution < -0.4 is 10.5 Å². The minimum absolute atomic E-state index is 0.00614. The first kappa shape index (κ1) is 22.6. The van der Waals surface area contributed by atoms with E-state index in [0.717, 1.165) is 23.9 Å². The Morgan fingerprint density at radius 1 is 1.36 bits per heavy atom. The number of hydrogen-bond acceptors (Lipinski definition) is 5. The third-order valence-electron chi connectivity index (χ3n) is 5.63. The van der Waals surface area contributed by atoms with Crippen molar-refractivity contribution >= 4 is 17.6 Å². The first-order chi connectivity index (χ1) is 15.8. The third-order valence-corrected chi connectivity index (χ3v) is 5.63. The summed E-state index contributed by atoms with van der Waals surface area (Å²) in [6.45, 7) is 2.78. The molecular formula is C22H26FN7O3. The molecular weight excluding hydrogens is 429 g/mol. The molecule has 2 N–H and O–H groups in total. The van der Waals surface area contributed by atoms with Crippen molar-refractivity contribution in [1.29, 1.82) is 0 Å². The second kappa shape index (κ2) is 9.10. The lowest BCUT2D eigenvalue weighted by atomic mass is 10.1. The van der Waals surface area contributed by atoms with E-state index in [1.807, 2.05) is 18.1 Å². The highest BCUT2D eigenvalue weighted by atomic mass is 19.1. The highest BCUT2D eigenvalue weighted by Gasteiger charge is 2.30. The van der Waals surface area contributed by atoms with Gasteiger partial charge in [0.2, 0.25) is 5.95 Å². The molecule has 10 nitrogen and oxygen atoms in total. The summed E-state index contributed by atoms with van der Waals surface area (Å²) in [5, 5.41) is 16.3. The number of hydrogen-bond donors (Lipinski definition) is 2. The second-order valence-electron chi connectivity index (χ2n) is 8.36. The molecule has 0 bridgehead atoms. The number of aromatic amines is 1. The first-order valence-corrected chi connectivity index (χ1v) is 10.7. The zero-order chi connectivity index (χ0) is 23.7. The van der Waals surface area contributed by atoms with Gasteiger partial charge >= 0.3 is 0 Å². The Morgan fingerprint density at radius 3 is 2.85 bits per heavy atom. The monoisotopic (exact) mass is 455 g/mol. The zero-order valence-corrected chi connectivity index (χ0v) is 18.7. The number of carbonyl (C=O) groups excluding carboxylic acids is 1. The number of aliphatic hydroxyl groups is 1. The smallest absolute Gasteiger partial charge is 0.278 e. The average molecular weight is 455 g/mol. The van der Waals surface area contributed by atoms with E-state index in [9.17, 15) is 14.0 Å². The normalized spacial score (nSPS) is 15.3. The standard InChI is InChI=1S/C22H26FN7O3/c1-13(5-4-6-31)11-30-19(9-15-12-28(2)27-20(15)30)26-21(32)14-7-17(25-18(23)8-14)16-10-24-29(3)22(16)33/h7-8,10,12-13,24,31H,4-6,9,11H2,1-3H3/t13-/m1/s1. The Balaban J connectivity index is 1.64. The molecule has 1 amide bonds. The number of aliphatic imine (C=N–C) groups is 1. The maximum atomic E-state index is 14.2. The number of halogens is 1. The molecule has 4 heterocycles. The Hall–Kier alpha value is -3.60. The molecule has 0 aromatic carbocycles. The highest BCUT2D eigenvalue weighted by molar-refractivity contribution is 6.12. The van der Waals surface area contributed by atoms with E-state index in [1.54, 1.807) is 4.68 Å². The van der Waals surface area contributed by atoms with Crippen LogP contribution in [0.1, 0.15) is 35.7 Å². The van der Waals surface area contributed by atoms with Gasteiger partial charge in [-0.3, -0.25) is 19.0 Å². The van der Waals surface area contributed by atoms with E-state index in [4.69, 9.17) is 5.11 Å². The van der Waals surface area contributed by atoms with Gasteiger partial charge in [0.15, 0.2) is 5.82 Å². The van der Waals surface area contributed by atoms with Crippen LogP contribution in [-0.4, -0.2) is 54.5 Å². The van der Waals surface area contributed by atoms with Gasteiger partial charge in [0.05, 0.1) is 11.3 Å². The number of aryl methyl sites for hydroxylation is 2. The van der Waals surface area contributed by atoms with Crippen LogP contribution in [0.25, 0.3) is 11.3 Å². The molecule has 1 aliphatic rings. The van der Waals surface area contributed by atoms with Gasteiger partial charge in [-0.2, -0.15) is 14.5 Å². The molecule has 0 unspecified atom stereocenters. The summed E-state index contributed by atoms with van der Waals surface area (Å²) in [5.74, 6) is 0.0241. The summed E-state index contributed by atoms with van der Waals surface area (Å²) in [6, 6.07) is 2.39. The van der Waals surface area contributed by atoms with Crippen molar-refractivity contribution in [1.82, 2.24) is 24.5 Å². The van der Waals surface area contributed by atoms with Gasteiger partial charge in [0.1, 0.15) is 5.84 Å². The van der Waals surface area contributed by atoms with Crippen LogP contribution in [0, 0.1) is 11.9 Å². The fourth-order valence-corrected chi connectivity index (χ4v) is 3.99. The molecule has 0 saturated heterocycles. The Bertz CT molecular complexity index is 1270. The molecule has 0 fully saturated rings. The summed E-state index contributed by atoms with van der Waals surface area (Å²) in [5.41, 5.74) is 0.809. The number of amidine groups is 1. The molecule has 0 aliphatic carbocycles. The van der Waals surface area contributed by atoms with E-state index in [2.05, 4.69) is 27.1 Å². The van der Waals surface area contributed by atoms with E-state index < -0.39 is 11.9 Å². The fourth-order valence-electron chi connectivity index (χ4n) is 3.99. The van der Waals surface area contributed by atoms with Crippen LogP contribution in [0.5, 0.6) is 0 Å². The topological polar surface area (TPSA) is 121 Å². The molecule has 1 atom stereocenters. The molecule has 33 heavy (non-hydrogen) atoms. The number of H-pyrrole nitrogens is 1. The van der Waals surface area contributed by atoms with Crippen molar-refractivity contribution in [2.24, 2.45) is 25.0 Å².